The van der Waals surface area contributed by atoms with Gasteiger partial charge in [0.25, 0.3) is 5.91 Å². The van der Waals surface area contributed by atoms with Crippen molar-refractivity contribution in [1.82, 2.24) is 15.2 Å². The first-order valence-corrected chi connectivity index (χ1v) is 12.1. The van der Waals surface area contributed by atoms with Crippen LogP contribution < -0.4 is 5.32 Å². The molecule has 6 rings (SSSR count). The van der Waals surface area contributed by atoms with Crippen LogP contribution >= 0.6 is 11.3 Å². The monoisotopic (exact) mass is 427 g/mol. The lowest BCUT2D eigenvalue weighted by Crippen LogP contribution is -2.57. The molecule has 150 valence electrons. The van der Waals surface area contributed by atoms with Crippen molar-refractivity contribution in [3.05, 3.63) is 53.7 Å². The van der Waals surface area contributed by atoms with Gasteiger partial charge in [-0.25, -0.2) is 13.4 Å². The third-order valence-corrected chi connectivity index (χ3v) is 8.87. The van der Waals surface area contributed by atoms with Crippen LogP contribution in [0.4, 0.5) is 0 Å². The van der Waals surface area contributed by atoms with Gasteiger partial charge >= 0.3 is 0 Å². The molecule has 0 aliphatic carbocycles. The number of thiophene rings is 1. The molecule has 6 nitrogen and oxygen atoms in total. The van der Waals surface area contributed by atoms with Crippen LogP contribution in [0.15, 0.2) is 57.8 Å². The van der Waals surface area contributed by atoms with Gasteiger partial charge in [-0.1, -0.05) is 18.2 Å². The smallest absolute Gasteiger partial charge is 0.270 e. The zero-order valence-electron chi connectivity index (χ0n) is 15.7. The number of aromatic nitrogens is 1. The molecule has 3 aliphatic heterocycles. The molecular weight excluding hydrogens is 406 g/mol. The molecule has 2 bridgehead atoms. The molecule has 0 radical (unpaired) electrons. The first-order valence-electron chi connectivity index (χ1n) is 9.73. The SMILES string of the molecule is O=C(N[C@H]1CN2CCC1CC2)c1cc2c(S(=O)(=O)c3ccccc3)csc2cn1. The molecule has 1 atom stereocenters. The van der Waals surface area contributed by atoms with E-state index in [1.54, 1.807) is 48.0 Å². The van der Waals surface area contributed by atoms with Gasteiger partial charge in [-0.15, -0.1) is 11.3 Å². The highest BCUT2D eigenvalue weighted by atomic mass is 32.2. The Morgan fingerprint density at radius 2 is 1.93 bits per heavy atom. The van der Waals surface area contributed by atoms with Gasteiger partial charge in [-0.05, 0) is 50.0 Å². The maximum absolute atomic E-state index is 13.1. The Labute approximate surface area is 173 Å². The number of nitrogens with one attached hydrogen (secondary N) is 1. The molecule has 0 saturated carbocycles. The Morgan fingerprint density at radius 3 is 2.62 bits per heavy atom. The number of sulfone groups is 1. The number of amides is 1. The molecule has 1 amide bonds. The third-order valence-electron chi connectivity index (χ3n) is 5.97. The molecule has 0 unspecified atom stereocenters. The van der Waals surface area contributed by atoms with E-state index in [9.17, 15) is 13.2 Å². The number of nitrogens with zero attached hydrogens (tertiary/aromatic N) is 2. The Balaban J connectivity index is 1.46. The van der Waals surface area contributed by atoms with Crippen LogP contribution in [0, 0.1) is 5.92 Å². The fourth-order valence-electron chi connectivity index (χ4n) is 4.34. The van der Waals surface area contributed by atoms with Gasteiger partial charge < -0.3 is 10.2 Å². The zero-order valence-corrected chi connectivity index (χ0v) is 17.4. The summed E-state index contributed by atoms with van der Waals surface area (Å²) in [6.45, 7) is 3.10. The zero-order chi connectivity index (χ0) is 20.0. The molecule has 1 N–H and O–H groups in total. The van der Waals surface area contributed by atoms with Crippen molar-refractivity contribution in [2.45, 2.75) is 28.7 Å². The van der Waals surface area contributed by atoms with Gasteiger partial charge in [-0.2, -0.15) is 0 Å². The topological polar surface area (TPSA) is 79.4 Å². The summed E-state index contributed by atoms with van der Waals surface area (Å²) in [5, 5.41) is 5.30. The van der Waals surface area contributed by atoms with Gasteiger partial charge in [0.1, 0.15) is 5.69 Å². The number of carbonyl (C=O) groups is 1. The van der Waals surface area contributed by atoms with E-state index in [1.807, 2.05) is 0 Å². The standard InChI is InChI=1S/C21H21N3O3S2/c25-21(23-18-12-24-8-6-14(18)7-9-24)17-10-16-19(11-22-17)28-13-20(16)29(26,27)15-4-2-1-3-5-15/h1-5,10-11,13-14,18H,6-9,12H2,(H,23,25)/t18-/m0/s1. The normalized spacial score (nSPS) is 23.9. The van der Waals surface area contributed by atoms with E-state index >= 15 is 0 Å². The third kappa shape index (κ3) is 3.35. The second kappa shape index (κ2) is 7.19. The summed E-state index contributed by atoms with van der Waals surface area (Å²) in [5.74, 6) is 0.280. The maximum Gasteiger partial charge on any atom is 0.270 e. The van der Waals surface area contributed by atoms with Crippen molar-refractivity contribution in [2.24, 2.45) is 5.92 Å². The highest BCUT2D eigenvalue weighted by molar-refractivity contribution is 7.92. The number of rotatable bonds is 4. The minimum atomic E-state index is -3.65. The first-order chi connectivity index (χ1) is 14.0. The highest BCUT2D eigenvalue weighted by Crippen LogP contribution is 2.33. The van der Waals surface area contributed by atoms with Crippen LogP contribution in [0.1, 0.15) is 23.3 Å². The minimum absolute atomic E-state index is 0.137. The molecular formula is C21H21N3O3S2. The van der Waals surface area contributed by atoms with Gasteiger partial charge in [0.2, 0.25) is 9.84 Å². The molecule has 3 saturated heterocycles. The van der Waals surface area contributed by atoms with Crippen LogP contribution in [-0.2, 0) is 9.84 Å². The van der Waals surface area contributed by atoms with Gasteiger partial charge in [0.15, 0.2) is 0 Å². The molecule has 8 heteroatoms. The molecule has 2 aromatic heterocycles. The minimum Gasteiger partial charge on any atom is -0.346 e. The van der Waals surface area contributed by atoms with Crippen molar-refractivity contribution in [1.29, 1.82) is 0 Å². The first kappa shape index (κ1) is 18.7. The highest BCUT2D eigenvalue weighted by Gasteiger charge is 2.35. The van der Waals surface area contributed by atoms with Crippen molar-refractivity contribution in [3.63, 3.8) is 0 Å². The van der Waals surface area contributed by atoms with E-state index in [4.69, 9.17) is 0 Å². The average molecular weight is 428 g/mol. The molecule has 1 aromatic carbocycles. The summed E-state index contributed by atoms with van der Waals surface area (Å²) in [4.78, 5) is 20.0. The Kier molecular flexibility index (Phi) is 4.64. The summed E-state index contributed by atoms with van der Waals surface area (Å²) in [7, 11) is -3.65. The summed E-state index contributed by atoms with van der Waals surface area (Å²) < 4.78 is 26.9. The number of benzene rings is 1. The Morgan fingerprint density at radius 1 is 1.17 bits per heavy atom. The van der Waals surface area contributed by atoms with Crippen molar-refractivity contribution in [3.8, 4) is 0 Å². The van der Waals surface area contributed by atoms with E-state index in [0.29, 0.717) is 11.3 Å². The predicted molar refractivity (Wildman–Crippen MR) is 112 cm³/mol. The Hall–Kier alpha value is -2.29. The molecule has 0 spiro atoms. The van der Waals surface area contributed by atoms with Crippen molar-refractivity contribution >= 4 is 37.2 Å². The average Bonchev–Trinajstić information content (AvgIpc) is 3.19. The van der Waals surface area contributed by atoms with Crippen molar-refractivity contribution < 1.29 is 13.2 Å². The molecule has 3 fully saturated rings. The number of hydrogen-bond donors (Lipinski definition) is 1. The second-order valence-corrected chi connectivity index (χ2v) is 10.5. The van der Waals surface area contributed by atoms with E-state index in [1.165, 1.54) is 11.3 Å². The van der Waals surface area contributed by atoms with Crippen LogP contribution in [-0.4, -0.2) is 49.9 Å². The maximum atomic E-state index is 13.1. The molecule has 3 aromatic rings. The number of pyridine rings is 1. The number of carbonyl (C=O) groups excluding carboxylic acids is 1. The Bertz CT molecular complexity index is 1170. The number of hydrogen-bond acceptors (Lipinski definition) is 6. The lowest BCUT2D eigenvalue weighted by atomic mass is 9.84. The van der Waals surface area contributed by atoms with Gasteiger partial charge in [-0.3, -0.25) is 4.79 Å². The fraction of sp³-hybridized carbons (Fsp3) is 0.333. The van der Waals surface area contributed by atoms with Crippen molar-refractivity contribution in [2.75, 3.05) is 19.6 Å². The van der Waals surface area contributed by atoms with E-state index in [-0.39, 0.29) is 27.4 Å². The fourth-order valence-corrected chi connectivity index (χ4v) is 7.05. The number of piperidine rings is 3. The quantitative estimate of drug-likeness (QED) is 0.693. The van der Waals surface area contributed by atoms with E-state index < -0.39 is 9.84 Å². The summed E-state index contributed by atoms with van der Waals surface area (Å²) >= 11 is 1.32. The van der Waals surface area contributed by atoms with E-state index in [0.717, 1.165) is 37.2 Å². The summed E-state index contributed by atoms with van der Waals surface area (Å²) in [5.41, 5.74) is 0.261. The second-order valence-electron chi connectivity index (χ2n) is 7.70. The summed E-state index contributed by atoms with van der Waals surface area (Å²) in [6.07, 6.45) is 3.82. The number of fused-ring (bicyclic) bond motifs is 4. The van der Waals surface area contributed by atoms with Gasteiger partial charge in [0, 0.05) is 29.5 Å². The molecule has 3 aliphatic rings. The molecule has 29 heavy (non-hydrogen) atoms. The van der Waals surface area contributed by atoms with Crippen LogP contribution in [0.2, 0.25) is 0 Å². The van der Waals surface area contributed by atoms with Crippen LogP contribution in [0.25, 0.3) is 10.1 Å². The predicted octanol–water partition coefficient (Wildman–Crippen LogP) is 2.95. The molecule has 5 heterocycles. The lowest BCUT2D eigenvalue weighted by molar-refractivity contribution is 0.0618. The van der Waals surface area contributed by atoms with E-state index in [2.05, 4.69) is 15.2 Å². The summed E-state index contributed by atoms with van der Waals surface area (Å²) in [6, 6.07) is 10.1. The van der Waals surface area contributed by atoms with Gasteiger partial charge in [0.05, 0.1) is 14.5 Å². The lowest BCUT2D eigenvalue weighted by Gasteiger charge is -2.44. The largest absolute Gasteiger partial charge is 0.346 e. The van der Waals surface area contributed by atoms with Crippen LogP contribution in [0.3, 0.4) is 0 Å². The van der Waals surface area contributed by atoms with Crippen LogP contribution in [0.5, 0.6) is 0 Å².